The standard InChI is InChI=1S/C11H19NO3/c1-4-5-15-10(13)12-7-11(14,8-12)6-9(2)3/h4,9,14H,1,5-8H2,2-3H3. The van der Waals surface area contributed by atoms with Gasteiger partial charge in [-0.25, -0.2) is 4.79 Å². The summed E-state index contributed by atoms with van der Waals surface area (Å²) in [6.45, 7) is 8.54. The van der Waals surface area contributed by atoms with Crippen LogP contribution < -0.4 is 0 Å². The molecule has 0 aliphatic carbocycles. The van der Waals surface area contributed by atoms with Gasteiger partial charge in [0, 0.05) is 0 Å². The highest BCUT2D eigenvalue weighted by Gasteiger charge is 2.44. The van der Waals surface area contributed by atoms with Gasteiger partial charge in [0.15, 0.2) is 0 Å². The molecule has 86 valence electrons. The molecule has 1 fully saturated rings. The molecule has 4 nitrogen and oxygen atoms in total. The lowest BCUT2D eigenvalue weighted by Gasteiger charge is -2.46. The normalized spacial score (nSPS) is 18.5. The number of likely N-dealkylation sites (tertiary alicyclic amines) is 1. The first kappa shape index (κ1) is 12.0. The third kappa shape index (κ3) is 3.23. The number of hydrogen-bond donors (Lipinski definition) is 1. The maximum Gasteiger partial charge on any atom is 0.410 e. The fourth-order valence-electron chi connectivity index (χ4n) is 1.90. The second-order valence-corrected chi connectivity index (χ2v) is 4.54. The average Bonchev–Trinajstić information content (AvgIpc) is 2.09. The maximum atomic E-state index is 11.3. The number of β-amino-alcohol motifs (C(OH)–C–C–N with tert-alkyl or cyclic N) is 1. The Morgan fingerprint density at radius 1 is 1.67 bits per heavy atom. The zero-order valence-electron chi connectivity index (χ0n) is 9.40. The topological polar surface area (TPSA) is 49.8 Å². The van der Waals surface area contributed by atoms with E-state index in [1.807, 2.05) is 0 Å². The minimum Gasteiger partial charge on any atom is -0.445 e. The van der Waals surface area contributed by atoms with E-state index in [2.05, 4.69) is 20.4 Å². The lowest BCUT2D eigenvalue weighted by atomic mass is 9.86. The van der Waals surface area contributed by atoms with Crippen LogP contribution >= 0.6 is 0 Å². The molecule has 0 spiro atoms. The van der Waals surface area contributed by atoms with Crippen LogP contribution in [0.5, 0.6) is 0 Å². The molecule has 0 aromatic heterocycles. The first-order chi connectivity index (χ1) is 6.97. The summed E-state index contributed by atoms with van der Waals surface area (Å²) in [5.74, 6) is 0.432. The van der Waals surface area contributed by atoms with Gasteiger partial charge in [-0.1, -0.05) is 26.5 Å². The van der Waals surface area contributed by atoms with E-state index in [1.165, 1.54) is 11.0 Å². The van der Waals surface area contributed by atoms with Gasteiger partial charge < -0.3 is 14.7 Å². The van der Waals surface area contributed by atoms with Gasteiger partial charge in [-0.05, 0) is 12.3 Å². The molecule has 0 bridgehead atoms. The molecule has 4 heteroatoms. The molecule has 1 saturated heterocycles. The number of carbonyl (C=O) groups excluding carboxylic acids is 1. The molecule has 0 aromatic carbocycles. The van der Waals surface area contributed by atoms with Crippen LogP contribution in [0.1, 0.15) is 20.3 Å². The van der Waals surface area contributed by atoms with E-state index in [-0.39, 0.29) is 12.7 Å². The van der Waals surface area contributed by atoms with Crippen LogP contribution in [0, 0.1) is 5.92 Å². The van der Waals surface area contributed by atoms with E-state index in [1.54, 1.807) is 0 Å². The molecule has 1 rings (SSSR count). The quantitative estimate of drug-likeness (QED) is 0.718. The summed E-state index contributed by atoms with van der Waals surface area (Å²) in [5, 5.41) is 9.96. The highest BCUT2D eigenvalue weighted by Crippen LogP contribution is 2.28. The summed E-state index contributed by atoms with van der Waals surface area (Å²) in [6.07, 6.45) is 1.87. The molecular weight excluding hydrogens is 194 g/mol. The fraction of sp³-hybridized carbons (Fsp3) is 0.727. The Hall–Kier alpha value is -1.03. The highest BCUT2D eigenvalue weighted by atomic mass is 16.6. The molecule has 0 saturated carbocycles. The number of hydrogen-bond acceptors (Lipinski definition) is 3. The van der Waals surface area contributed by atoms with E-state index < -0.39 is 5.60 Å². The van der Waals surface area contributed by atoms with Crippen LogP contribution in [0.25, 0.3) is 0 Å². The number of carbonyl (C=O) groups is 1. The highest BCUT2D eigenvalue weighted by molar-refractivity contribution is 5.69. The molecule has 0 atom stereocenters. The summed E-state index contributed by atoms with van der Waals surface area (Å²) in [7, 11) is 0. The Labute approximate surface area is 90.5 Å². The number of ether oxygens (including phenoxy) is 1. The average molecular weight is 213 g/mol. The summed E-state index contributed by atoms with van der Waals surface area (Å²) in [5.41, 5.74) is -0.707. The van der Waals surface area contributed by atoms with Gasteiger partial charge in [-0.2, -0.15) is 0 Å². The van der Waals surface area contributed by atoms with E-state index in [9.17, 15) is 9.90 Å². The molecule has 1 heterocycles. The largest absolute Gasteiger partial charge is 0.445 e. The predicted molar refractivity (Wildman–Crippen MR) is 57.5 cm³/mol. The lowest BCUT2D eigenvalue weighted by Crippen LogP contribution is -2.63. The third-order valence-corrected chi connectivity index (χ3v) is 2.34. The minimum absolute atomic E-state index is 0.220. The minimum atomic E-state index is -0.707. The van der Waals surface area contributed by atoms with Crippen molar-refractivity contribution in [2.24, 2.45) is 5.92 Å². The Morgan fingerprint density at radius 2 is 2.27 bits per heavy atom. The van der Waals surface area contributed by atoms with Crippen LogP contribution in [0.2, 0.25) is 0 Å². The van der Waals surface area contributed by atoms with Gasteiger partial charge in [0.05, 0.1) is 13.1 Å². The Bertz CT molecular complexity index is 244. The molecule has 1 aliphatic heterocycles. The zero-order valence-corrected chi connectivity index (χ0v) is 9.40. The van der Waals surface area contributed by atoms with Gasteiger partial charge in [0.2, 0.25) is 0 Å². The summed E-state index contributed by atoms with van der Waals surface area (Å²) in [6, 6.07) is 0. The summed E-state index contributed by atoms with van der Waals surface area (Å²) >= 11 is 0. The van der Waals surface area contributed by atoms with Crippen LogP contribution in [-0.4, -0.2) is 41.4 Å². The van der Waals surface area contributed by atoms with Crippen LogP contribution in [-0.2, 0) is 4.74 Å². The number of rotatable bonds is 4. The van der Waals surface area contributed by atoms with Gasteiger partial charge >= 0.3 is 6.09 Å². The lowest BCUT2D eigenvalue weighted by molar-refractivity contribution is -0.0987. The predicted octanol–water partition coefficient (Wildman–Crippen LogP) is 1.40. The van der Waals surface area contributed by atoms with Crippen molar-refractivity contribution in [3.8, 4) is 0 Å². The Morgan fingerprint density at radius 3 is 2.73 bits per heavy atom. The van der Waals surface area contributed by atoms with Crippen molar-refractivity contribution >= 4 is 6.09 Å². The van der Waals surface area contributed by atoms with Crippen molar-refractivity contribution in [2.75, 3.05) is 19.7 Å². The third-order valence-electron chi connectivity index (χ3n) is 2.34. The van der Waals surface area contributed by atoms with Gasteiger partial charge in [0.1, 0.15) is 12.2 Å². The molecule has 0 unspecified atom stereocenters. The molecule has 1 aliphatic rings. The fourth-order valence-corrected chi connectivity index (χ4v) is 1.90. The SMILES string of the molecule is C=CCOC(=O)N1CC(O)(CC(C)C)C1. The zero-order chi connectivity index (χ0) is 11.5. The van der Waals surface area contributed by atoms with Crippen LogP contribution in [0.15, 0.2) is 12.7 Å². The smallest absolute Gasteiger partial charge is 0.410 e. The maximum absolute atomic E-state index is 11.3. The van der Waals surface area contributed by atoms with Crippen molar-refractivity contribution in [3.63, 3.8) is 0 Å². The van der Waals surface area contributed by atoms with Crippen molar-refractivity contribution in [1.82, 2.24) is 4.90 Å². The van der Waals surface area contributed by atoms with E-state index >= 15 is 0 Å². The molecule has 1 amide bonds. The first-order valence-corrected chi connectivity index (χ1v) is 5.22. The summed E-state index contributed by atoms with van der Waals surface area (Å²) in [4.78, 5) is 12.8. The molecule has 1 N–H and O–H groups in total. The van der Waals surface area contributed by atoms with Crippen molar-refractivity contribution in [3.05, 3.63) is 12.7 Å². The number of aliphatic hydroxyl groups is 1. The molecule has 0 aromatic rings. The van der Waals surface area contributed by atoms with Gasteiger partial charge in [0.25, 0.3) is 0 Å². The second-order valence-electron chi connectivity index (χ2n) is 4.54. The Balaban J connectivity index is 2.29. The van der Waals surface area contributed by atoms with Crippen molar-refractivity contribution < 1.29 is 14.6 Å². The number of nitrogens with zero attached hydrogens (tertiary/aromatic N) is 1. The number of amides is 1. The molecule has 0 radical (unpaired) electrons. The van der Waals surface area contributed by atoms with Crippen LogP contribution in [0.4, 0.5) is 4.79 Å². The van der Waals surface area contributed by atoms with Crippen LogP contribution in [0.3, 0.4) is 0 Å². The van der Waals surface area contributed by atoms with Gasteiger partial charge in [-0.3, -0.25) is 0 Å². The van der Waals surface area contributed by atoms with Crippen molar-refractivity contribution in [1.29, 1.82) is 0 Å². The molecular formula is C11H19NO3. The molecule has 15 heavy (non-hydrogen) atoms. The van der Waals surface area contributed by atoms with E-state index in [0.29, 0.717) is 19.0 Å². The van der Waals surface area contributed by atoms with E-state index in [4.69, 9.17) is 4.74 Å². The van der Waals surface area contributed by atoms with Gasteiger partial charge in [-0.15, -0.1) is 0 Å². The Kier molecular flexibility index (Phi) is 3.74. The monoisotopic (exact) mass is 213 g/mol. The second kappa shape index (κ2) is 4.66. The van der Waals surface area contributed by atoms with Crippen molar-refractivity contribution in [2.45, 2.75) is 25.9 Å². The first-order valence-electron chi connectivity index (χ1n) is 5.22. The summed E-state index contributed by atoms with van der Waals surface area (Å²) < 4.78 is 4.85. The van der Waals surface area contributed by atoms with E-state index in [0.717, 1.165) is 6.42 Å².